The van der Waals surface area contributed by atoms with E-state index in [2.05, 4.69) is 16.2 Å². The molecule has 8 nitrogen and oxygen atoms in total. The molecule has 0 spiro atoms. The molecule has 2 aliphatic rings. The number of methoxy groups -OCH3 is 2. The second-order valence-electron chi connectivity index (χ2n) is 8.01. The molecule has 5 rings (SSSR count). The lowest BCUT2D eigenvalue weighted by molar-refractivity contribution is -0.159. The molecule has 0 aliphatic carbocycles. The average Bonchev–Trinajstić information content (AvgIpc) is 3.19. The Morgan fingerprint density at radius 1 is 1.09 bits per heavy atom. The summed E-state index contributed by atoms with van der Waals surface area (Å²) in [5.41, 5.74) is 3.86. The highest BCUT2D eigenvalue weighted by Crippen LogP contribution is 2.39. The van der Waals surface area contributed by atoms with Crippen molar-refractivity contribution in [1.29, 1.82) is 0 Å². The molecule has 0 radical (unpaired) electrons. The highest BCUT2D eigenvalue weighted by atomic mass is 16.5. The van der Waals surface area contributed by atoms with Crippen LogP contribution in [0.4, 0.5) is 0 Å². The standard InChI is InChI=1S/C24H24N4O4/c1-14-23-17(16-6-4-5-7-18(16)26-23)11-19-24(30)27(13-22(29)28(14)19)25-12-15-8-9-20(31-2)21(10-15)32-3/h4-10,12,14,19,26H,11,13H2,1-3H3/b25-12+/t14-,19-/m0/s1. The van der Waals surface area contributed by atoms with Gasteiger partial charge in [-0.3, -0.25) is 9.59 Å². The molecule has 164 valence electrons. The zero-order valence-corrected chi connectivity index (χ0v) is 18.2. The van der Waals surface area contributed by atoms with Gasteiger partial charge in [-0.05, 0) is 42.3 Å². The molecule has 0 unspecified atom stereocenters. The van der Waals surface area contributed by atoms with Crippen LogP contribution in [0.1, 0.15) is 29.8 Å². The van der Waals surface area contributed by atoms with Crippen molar-refractivity contribution in [3.8, 4) is 11.5 Å². The van der Waals surface area contributed by atoms with Gasteiger partial charge in [-0.2, -0.15) is 5.10 Å². The first kappa shape index (κ1) is 20.1. The van der Waals surface area contributed by atoms with Gasteiger partial charge in [0.05, 0.1) is 26.5 Å². The maximum absolute atomic E-state index is 13.3. The number of piperazine rings is 1. The quantitative estimate of drug-likeness (QED) is 0.643. The van der Waals surface area contributed by atoms with Crippen molar-refractivity contribution in [2.45, 2.75) is 25.4 Å². The molecule has 0 saturated carbocycles. The molecule has 3 heterocycles. The van der Waals surface area contributed by atoms with Crippen molar-refractivity contribution in [1.82, 2.24) is 14.9 Å². The summed E-state index contributed by atoms with van der Waals surface area (Å²) in [6.07, 6.45) is 2.03. The fraction of sp³-hybridized carbons (Fsp3) is 0.292. The molecule has 0 bridgehead atoms. The van der Waals surface area contributed by atoms with E-state index in [-0.39, 0.29) is 24.4 Å². The third-order valence-corrected chi connectivity index (χ3v) is 6.28. The van der Waals surface area contributed by atoms with Crippen molar-refractivity contribution in [2.75, 3.05) is 20.8 Å². The summed E-state index contributed by atoms with van der Waals surface area (Å²) in [4.78, 5) is 31.5. The molecular formula is C24H24N4O4. The number of hydrogen-bond donors (Lipinski definition) is 1. The van der Waals surface area contributed by atoms with Gasteiger partial charge in [0, 0.05) is 23.0 Å². The molecule has 1 saturated heterocycles. The van der Waals surface area contributed by atoms with Crippen LogP contribution >= 0.6 is 0 Å². The molecule has 1 fully saturated rings. The Balaban J connectivity index is 1.44. The maximum Gasteiger partial charge on any atom is 0.266 e. The Bertz CT molecular complexity index is 1250. The van der Waals surface area contributed by atoms with Gasteiger partial charge in [0.2, 0.25) is 5.91 Å². The highest BCUT2D eigenvalue weighted by Gasteiger charge is 2.46. The van der Waals surface area contributed by atoms with E-state index in [9.17, 15) is 9.59 Å². The van der Waals surface area contributed by atoms with Crippen LogP contribution in [-0.2, 0) is 16.0 Å². The van der Waals surface area contributed by atoms with Gasteiger partial charge in [-0.15, -0.1) is 0 Å². The van der Waals surface area contributed by atoms with E-state index in [0.717, 1.165) is 27.7 Å². The Morgan fingerprint density at radius 2 is 1.88 bits per heavy atom. The Labute approximate surface area is 185 Å². The molecule has 2 aromatic carbocycles. The monoisotopic (exact) mass is 432 g/mol. The molecule has 1 aromatic heterocycles. The lowest BCUT2D eigenvalue weighted by atomic mass is 9.90. The predicted molar refractivity (Wildman–Crippen MR) is 120 cm³/mol. The number of nitrogens with one attached hydrogen (secondary N) is 1. The van der Waals surface area contributed by atoms with Gasteiger partial charge in [0.25, 0.3) is 5.91 Å². The van der Waals surface area contributed by atoms with Gasteiger partial charge >= 0.3 is 0 Å². The number of carbonyl (C=O) groups is 2. The number of hydrogen-bond acceptors (Lipinski definition) is 5. The smallest absolute Gasteiger partial charge is 0.266 e. The summed E-state index contributed by atoms with van der Waals surface area (Å²) in [5, 5.41) is 6.71. The SMILES string of the molecule is COc1ccc(/C=N/N2CC(=O)N3[C@@H](Cc4c([nH]c5ccccc45)[C@@H]3C)C2=O)cc1OC. The maximum atomic E-state index is 13.3. The first-order chi connectivity index (χ1) is 15.5. The number of nitrogens with zero attached hydrogens (tertiary/aromatic N) is 3. The van der Waals surface area contributed by atoms with E-state index in [4.69, 9.17) is 9.47 Å². The van der Waals surface area contributed by atoms with Gasteiger partial charge < -0.3 is 19.4 Å². The molecule has 2 aliphatic heterocycles. The third kappa shape index (κ3) is 3.10. The fourth-order valence-electron chi connectivity index (χ4n) is 4.72. The van der Waals surface area contributed by atoms with Crippen LogP contribution in [-0.4, -0.2) is 59.7 Å². The summed E-state index contributed by atoms with van der Waals surface area (Å²) in [5.74, 6) is 0.881. The Hall–Kier alpha value is -3.81. The molecule has 32 heavy (non-hydrogen) atoms. The van der Waals surface area contributed by atoms with Crippen molar-refractivity contribution in [3.63, 3.8) is 0 Å². The topological polar surface area (TPSA) is 87.2 Å². The number of hydrazone groups is 1. The van der Waals surface area contributed by atoms with Gasteiger partial charge in [0.1, 0.15) is 12.6 Å². The number of ether oxygens (including phenoxy) is 2. The lowest BCUT2D eigenvalue weighted by Crippen LogP contribution is -2.61. The van der Waals surface area contributed by atoms with Crippen molar-refractivity contribution < 1.29 is 19.1 Å². The zero-order valence-electron chi connectivity index (χ0n) is 18.2. The summed E-state index contributed by atoms with van der Waals surface area (Å²) in [7, 11) is 3.13. The molecule has 8 heteroatoms. The van der Waals surface area contributed by atoms with Crippen LogP contribution in [0.2, 0.25) is 0 Å². The van der Waals surface area contributed by atoms with Crippen LogP contribution in [0, 0.1) is 0 Å². The minimum absolute atomic E-state index is 0.0843. The average molecular weight is 432 g/mol. The Kier molecular flexibility index (Phi) is 4.84. The first-order valence-corrected chi connectivity index (χ1v) is 10.5. The van der Waals surface area contributed by atoms with Crippen LogP contribution in [0.3, 0.4) is 0 Å². The van der Waals surface area contributed by atoms with Crippen molar-refractivity contribution >= 4 is 28.9 Å². The third-order valence-electron chi connectivity index (χ3n) is 6.28. The lowest BCUT2D eigenvalue weighted by Gasteiger charge is -2.44. The largest absolute Gasteiger partial charge is 0.493 e. The second-order valence-corrected chi connectivity index (χ2v) is 8.01. The summed E-state index contributed by atoms with van der Waals surface area (Å²) in [6.45, 7) is 1.88. The normalized spacial score (nSPS) is 20.6. The molecular weight excluding hydrogens is 408 g/mol. The molecule has 2 atom stereocenters. The number of H-pyrrole nitrogens is 1. The second kappa shape index (κ2) is 7.71. The fourth-order valence-corrected chi connectivity index (χ4v) is 4.72. The number of aromatic amines is 1. The number of aromatic nitrogens is 1. The number of para-hydroxylation sites is 1. The first-order valence-electron chi connectivity index (χ1n) is 10.5. The van der Waals surface area contributed by atoms with E-state index >= 15 is 0 Å². The van der Waals surface area contributed by atoms with E-state index in [1.807, 2.05) is 31.2 Å². The van der Waals surface area contributed by atoms with Gasteiger partial charge in [-0.25, -0.2) is 5.01 Å². The summed E-state index contributed by atoms with van der Waals surface area (Å²) in [6, 6.07) is 12.6. The number of amides is 2. The number of rotatable bonds is 4. The van der Waals surface area contributed by atoms with Gasteiger partial charge in [-0.1, -0.05) is 18.2 Å². The highest BCUT2D eigenvalue weighted by molar-refractivity contribution is 5.97. The van der Waals surface area contributed by atoms with Crippen molar-refractivity contribution in [2.24, 2.45) is 5.10 Å². The molecule has 3 aromatic rings. The number of fused-ring (bicyclic) bond motifs is 4. The van der Waals surface area contributed by atoms with E-state index < -0.39 is 6.04 Å². The Morgan fingerprint density at radius 3 is 2.66 bits per heavy atom. The number of carbonyl (C=O) groups excluding carboxylic acids is 2. The minimum Gasteiger partial charge on any atom is -0.493 e. The van der Waals surface area contributed by atoms with Crippen LogP contribution in [0.5, 0.6) is 11.5 Å². The summed E-state index contributed by atoms with van der Waals surface area (Å²) >= 11 is 0. The van der Waals surface area contributed by atoms with Crippen LogP contribution in [0.25, 0.3) is 10.9 Å². The van der Waals surface area contributed by atoms with E-state index in [1.165, 1.54) is 5.01 Å². The summed E-state index contributed by atoms with van der Waals surface area (Å²) < 4.78 is 10.6. The zero-order chi connectivity index (χ0) is 22.4. The van der Waals surface area contributed by atoms with Crippen molar-refractivity contribution in [3.05, 3.63) is 59.3 Å². The van der Waals surface area contributed by atoms with E-state index in [1.54, 1.807) is 37.5 Å². The molecule has 2 amide bonds. The van der Waals surface area contributed by atoms with Crippen LogP contribution < -0.4 is 9.47 Å². The number of benzene rings is 2. The van der Waals surface area contributed by atoms with E-state index in [0.29, 0.717) is 17.9 Å². The minimum atomic E-state index is -0.569. The predicted octanol–water partition coefficient (Wildman–Crippen LogP) is 2.88. The van der Waals surface area contributed by atoms with Gasteiger partial charge in [0.15, 0.2) is 11.5 Å². The van der Waals surface area contributed by atoms with Crippen LogP contribution in [0.15, 0.2) is 47.6 Å². The molecule has 1 N–H and O–H groups in total.